The fourth-order valence-corrected chi connectivity index (χ4v) is 3.44. The number of carboxylic acid groups (broad SMARTS) is 1. The molecule has 0 unspecified atom stereocenters. The second-order valence-corrected chi connectivity index (χ2v) is 6.36. The second kappa shape index (κ2) is 6.58. The molecule has 1 amide bonds. The fourth-order valence-electron chi connectivity index (χ4n) is 3.44. The van der Waals surface area contributed by atoms with Crippen LogP contribution < -0.4 is 5.32 Å². The van der Waals surface area contributed by atoms with Crippen LogP contribution in [0.5, 0.6) is 0 Å². The van der Waals surface area contributed by atoms with Crippen LogP contribution in [0.25, 0.3) is 11.0 Å². The van der Waals surface area contributed by atoms with Crippen molar-refractivity contribution in [2.45, 2.75) is 37.9 Å². The number of nitrogens with one attached hydrogen (secondary N) is 1. The number of aryl methyl sites for hydroxylation is 1. The standard InChI is InChI=1S/C16H17F3N4O3/c1-23-12-9(6-20-7-11(12)22-15(23)16(17,18)19)13(24)21-10-5-3-2-4-8(10)14(25)26/h6-8,10H,2-5H2,1H3,(H,21,24)(H,25,26)/t8-,10+/m0/s1. The van der Waals surface area contributed by atoms with Gasteiger partial charge in [0.15, 0.2) is 0 Å². The summed E-state index contributed by atoms with van der Waals surface area (Å²) in [6.07, 6.45) is 0.148. The SMILES string of the molecule is Cn1c(C(F)(F)F)nc2cncc(C(=O)N[C@@H]3CCCC[C@@H]3C(=O)O)c21. The van der Waals surface area contributed by atoms with E-state index in [4.69, 9.17) is 0 Å². The summed E-state index contributed by atoms with van der Waals surface area (Å²) in [5.74, 6) is -3.49. The van der Waals surface area contributed by atoms with Gasteiger partial charge in [0.25, 0.3) is 5.91 Å². The van der Waals surface area contributed by atoms with E-state index in [2.05, 4.69) is 15.3 Å². The third kappa shape index (κ3) is 3.23. The second-order valence-electron chi connectivity index (χ2n) is 6.36. The number of imidazole rings is 1. The summed E-state index contributed by atoms with van der Waals surface area (Å²) in [6, 6.07) is -0.570. The van der Waals surface area contributed by atoms with Crippen molar-refractivity contribution in [2.24, 2.45) is 13.0 Å². The van der Waals surface area contributed by atoms with Crippen molar-refractivity contribution >= 4 is 22.9 Å². The molecule has 26 heavy (non-hydrogen) atoms. The summed E-state index contributed by atoms with van der Waals surface area (Å²) in [6.45, 7) is 0. The van der Waals surface area contributed by atoms with Gasteiger partial charge in [-0.15, -0.1) is 0 Å². The molecule has 2 atom stereocenters. The number of rotatable bonds is 3. The Morgan fingerprint density at radius 3 is 2.62 bits per heavy atom. The molecule has 2 N–H and O–H groups in total. The van der Waals surface area contributed by atoms with Gasteiger partial charge in [-0.3, -0.25) is 14.6 Å². The summed E-state index contributed by atoms with van der Waals surface area (Å²) in [5, 5.41) is 11.9. The lowest BCUT2D eigenvalue weighted by Gasteiger charge is -2.29. The van der Waals surface area contributed by atoms with Gasteiger partial charge in [0, 0.05) is 19.3 Å². The van der Waals surface area contributed by atoms with E-state index >= 15 is 0 Å². The average Bonchev–Trinajstić information content (AvgIpc) is 2.92. The Hall–Kier alpha value is -2.65. The molecule has 10 heteroatoms. The molecule has 3 rings (SSSR count). The lowest BCUT2D eigenvalue weighted by molar-refractivity contribution is -0.146. The van der Waals surface area contributed by atoms with Gasteiger partial charge in [-0.25, -0.2) is 4.98 Å². The Balaban J connectivity index is 1.96. The lowest BCUT2D eigenvalue weighted by atomic mass is 9.84. The number of carboxylic acids is 1. The molecule has 0 radical (unpaired) electrons. The van der Waals surface area contributed by atoms with Crippen molar-refractivity contribution in [3.8, 4) is 0 Å². The topological polar surface area (TPSA) is 97.1 Å². The highest BCUT2D eigenvalue weighted by molar-refractivity contribution is 6.05. The van der Waals surface area contributed by atoms with Gasteiger partial charge in [-0.2, -0.15) is 13.2 Å². The first-order chi connectivity index (χ1) is 12.2. The number of alkyl halides is 3. The molecule has 0 aromatic carbocycles. The van der Waals surface area contributed by atoms with E-state index in [1.54, 1.807) is 0 Å². The molecule has 0 spiro atoms. The van der Waals surface area contributed by atoms with E-state index in [-0.39, 0.29) is 16.6 Å². The zero-order valence-electron chi connectivity index (χ0n) is 13.9. The minimum absolute atomic E-state index is 0.00695. The highest BCUT2D eigenvalue weighted by Crippen LogP contribution is 2.32. The number of nitrogens with zero attached hydrogens (tertiary/aromatic N) is 3. The number of aliphatic carboxylic acids is 1. The number of carbonyl (C=O) groups excluding carboxylic acids is 1. The Kier molecular flexibility index (Phi) is 4.59. The monoisotopic (exact) mass is 370 g/mol. The van der Waals surface area contributed by atoms with Crippen molar-refractivity contribution in [2.75, 3.05) is 0 Å². The van der Waals surface area contributed by atoms with Gasteiger partial charge in [0.1, 0.15) is 5.52 Å². The van der Waals surface area contributed by atoms with Crippen LogP contribution in [0, 0.1) is 5.92 Å². The number of hydrogen-bond acceptors (Lipinski definition) is 4. The molecule has 0 bridgehead atoms. The van der Waals surface area contributed by atoms with Crippen molar-refractivity contribution in [1.29, 1.82) is 0 Å². The molecular formula is C16H17F3N4O3. The van der Waals surface area contributed by atoms with Crippen LogP contribution in [0.4, 0.5) is 13.2 Å². The van der Waals surface area contributed by atoms with Gasteiger partial charge in [0.2, 0.25) is 5.82 Å². The molecule has 140 valence electrons. The van der Waals surface area contributed by atoms with Crippen LogP contribution in [-0.2, 0) is 18.0 Å². The summed E-state index contributed by atoms with van der Waals surface area (Å²) < 4.78 is 40.0. The Morgan fingerprint density at radius 2 is 1.96 bits per heavy atom. The highest BCUT2D eigenvalue weighted by Gasteiger charge is 2.38. The number of hydrogen-bond donors (Lipinski definition) is 2. The number of fused-ring (bicyclic) bond motifs is 1. The first-order valence-electron chi connectivity index (χ1n) is 8.11. The largest absolute Gasteiger partial charge is 0.481 e. The predicted octanol–water partition coefficient (Wildman–Crippen LogP) is 2.36. The first kappa shape index (κ1) is 18.2. The Morgan fingerprint density at radius 1 is 1.27 bits per heavy atom. The van der Waals surface area contributed by atoms with E-state index in [1.165, 1.54) is 7.05 Å². The molecule has 0 saturated heterocycles. The molecule has 2 heterocycles. The van der Waals surface area contributed by atoms with Crippen molar-refractivity contribution in [1.82, 2.24) is 19.9 Å². The Labute approximate surface area is 146 Å². The maximum atomic E-state index is 13.1. The molecule has 7 nitrogen and oxygen atoms in total. The van der Waals surface area contributed by atoms with Crippen LogP contribution in [0.1, 0.15) is 41.9 Å². The summed E-state index contributed by atoms with van der Waals surface area (Å²) in [5.41, 5.74) is -0.110. The van der Waals surface area contributed by atoms with Gasteiger partial charge in [-0.1, -0.05) is 12.8 Å². The minimum Gasteiger partial charge on any atom is -0.481 e. The van der Waals surface area contributed by atoms with Crippen LogP contribution in [-0.4, -0.2) is 37.6 Å². The smallest absolute Gasteiger partial charge is 0.449 e. The number of carbonyl (C=O) groups is 2. The summed E-state index contributed by atoms with van der Waals surface area (Å²) >= 11 is 0. The molecule has 0 aliphatic heterocycles. The van der Waals surface area contributed by atoms with Gasteiger partial charge < -0.3 is 15.0 Å². The summed E-state index contributed by atoms with van der Waals surface area (Å²) in [7, 11) is 1.18. The highest BCUT2D eigenvalue weighted by atomic mass is 19.4. The number of pyridine rings is 1. The van der Waals surface area contributed by atoms with E-state index in [0.717, 1.165) is 29.8 Å². The molecule has 1 saturated carbocycles. The van der Waals surface area contributed by atoms with E-state index in [9.17, 15) is 27.9 Å². The van der Waals surface area contributed by atoms with E-state index in [1.807, 2.05) is 0 Å². The molecule has 2 aromatic rings. The van der Waals surface area contributed by atoms with Gasteiger partial charge >= 0.3 is 12.1 Å². The molecule has 1 aliphatic carbocycles. The summed E-state index contributed by atoms with van der Waals surface area (Å²) in [4.78, 5) is 31.3. The molecule has 1 fully saturated rings. The normalized spacial score (nSPS) is 20.9. The lowest BCUT2D eigenvalue weighted by Crippen LogP contribution is -2.45. The predicted molar refractivity (Wildman–Crippen MR) is 84.4 cm³/mol. The number of aromatic nitrogens is 3. The van der Waals surface area contributed by atoms with Gasteiger partial charge in [0.05, 0.1) is 23.2 Å². The zero-order chi connectivity index (χ0) is 19.1. The van der Waals surface area contributed by atoms with Crippen LogP contribution in [0.15, 0.2) is 12.4 Å². The quantitative estimate of drug-likeness (QED) is 0.865. The van der Waals surface area contributed by atoms with Crippen molar-refractivity contribution < 1.29 is 27.9 Å². The molecule has 1 aliphatic rings. The third-order valence-electron chi connectivity index (χ3n) is 4.68. The molecular weight excluding hydrogens is 353 g/mol. The van der Waals surface area contributed by atoms with E-state index in [0.29, 0.717) is 12.8 Å². The maximum Gasteiger partial charge on any atom is 0.449 e. The minimum atomic E-state index is -4.67. The number of amides is 1. The van der Waals surface area contributed by atoms with Crippen molar-refractivity contribution in [3.63, 3.8) is 0 Å². The van der Waals surface area contributed by atoms with Crippen LogP contribution in [0.3, 0.4) is 0 Å². The van der Waals surface area contributed by atoms with Gasteiger partial charge in [-0.05, 0) is 12.8 Å². The molecule has 2 aromatic heterocycles. The third-order valence-corrected chi connectivity index (χ3v) is 4.68. The van der Waals surface area contributed by atoms with Crippen LogP contribution >= 0.6 is 0 Å². The average molecular weight is 370 g/mol. The van der Waals surface area contributed by atoms with Crippen LogP contribution in [0.2, 0.25) is 0 Å². The maximum absolute atomic E-state index is 13.1. The van der Waals surface area contributed by atoms with E-state index < -0.39 is 35.8 Å². The first-order valence-corrected chi connectivity index (χ1v) is 8.11. The zero-order valence-corrected chi connectivity index (χ0v) is 13.9. The van der Waals surface area contributed by atoms with Crippen molar-refractivity contribution in [3.05, 3.63) is 23.8 Å². The fraction of sp³-hybridized carbons (Fsp3) is 0.500. The Bertz CT molecular complexity index is 862. The number of halogens is 3.